The molecule has 0 atom stereocenters. The van der Waals surface area contributed by atoms with Crippen LogP contribution in [0.3, 0.4) is 0 Å². The van der Waals surface area contributed by atoms with Gasteiger partial charge in [0.25, 0.3) is 11.8 Å². The summed E-state index contributed by atoms with van der Waals surface area (Å²) in [4.78, 5) is 24.7. The molecule has 0 aliphatic heterocycles. The summed E-state index contributed by atoms with van der Waals surface area (Å²) < 4.78 is 1.48. The molecule has 0 spiro atoms. The van der Waals surface area contributed by atoms with Gasteiger partial charge in [0.1, 0.15) is 11.4 Å². The van der Waals surface area contributed by atoms with Gasteiger partial charge in [-0.15, -0.1) is 0 Å². The highest BCUT2D eigenvalue weighted by molar-refractivity contribution is 5.99. The molecule has 7 nitrogen and oxygen atoms in total. The van der Waals surface area contributed by atoms with Crippen molar-refractivity contribution >= 4 is 17.6 Å². The minimum atomic E-state index is -0.231. The van der Waals surface area contributed by atoms with Gasteiger partial charge in [0.05, 0.1) is 11.9 Å². The third-order valence-electron chi connectivity index (χ3n) is 4.64. The Balaban J connectivity index is 1.80. The summed E-state index contributed by atoms with van der Waals surface area (Å²) in [6.45, 7) is 4.05. The number of aromatic nitrogens is 2. The van der Waals surface area contributed by atoms with Crippen molar-refractivity contribution in [1.29, 1.82) is 0 Å². The smallest absolute Gasteiger partial charge is 0.256 e. The highest BCUT2D eigenvalue weighted by atomic mass is 16.2. The highest BCUT2D eigenvalue weighted by Gasteiger charge is 2.24. The second-order valence-corrected chi connectivity index (χ2v) is 6.64. The van der Waals surface area contributed by atoms with E-state index in [1.807, 2.05) is 13.8 Å². The molecule has 1 heterocycles. The van der Waals surface area contributed by atoms with E-state index >= 15 is 0 Å². The SMILES string of the molecule is CCC(CC)NC(=O)c1cnn(-c2cccc(C(=O)NC3CC3)c2)c1N. The molecule has 0 saturated heterocycles. The van der Waals surface area contributed by atoms with E-state index in [1.165, 1.54) is 10.9 Å². The van der Waals surface area contributed by atoms with Crippen LogP contribution in [0, 0.1) is 0 Å². The van der Waals surface area contributed by atoms with Gasteiger partial charge >= 0.3 is 0 Å². The van der Waals surface area contributed by atoms with Crippen LogP contribution in [0.15, 0.2) is 30.5 Å². The summed E-state index contributed by atoms with van der Waals surface area (Å²) in [5.74, 6) is -0.0786. The number of nitrogens with one attached hydrogen (secondary N) is 2. The van der Waals surface area contributed by atoms with Gasteiger partial charge in [0, 0.05) is 17.6 Å². The second-order valence-electron chi connectivity index (χ2n) is 6.64. The number of hydrogen-bond acceptors (Lipinski definition) is 4. The van der Waals surface area contributed by atoms with Crippen LogP contribution in [0.1, 0.15) is 60.2 Å². The van der Waals surface area contributed by atoms with Crippen molar-refractivity contribution in [1.82, 2.24) is 20.4 Å². The van der Waals surface area contributed by atoms with E-state index in [9.17, 15) is 9.59 Å². The number of hydrogen-bond donors (Lipinski definition) is 3. The Labute approximate surface area is 153 Å². The van der Waals surface area contributed by atoms with Gasteiger partial charge in [-0.05, 0) is 43.9 Å². The van der Waals surface area contributed by atoms with Gasteiger partial charge in [0.15, 0.2) is 0 Å². The summed E-state index contributed by atoms with van der Waals surface area (Å²) in [6.07, 6.45) is 5.24. The van der Waals surface area contributed by atoms with E-state index in [4.69, 9.17) is 5.73 Å². The summed E-state index contributed by atoms with van der Waals surface area (Å²) in [7, 11) is 0. The summed E-state index contributed by atoms with van der Waals surface area (Å²) >= 11 is 0. The third-order valence-corrected chi connectivity index (χ3v) is 4.64. The molecule has 0 radical (unpaired) electrons. The van der Waals surface area contributed by atoms with Gasteiger partial charge in [-0.3, -0.25) is 9.59 Å². The predicted molar refractivity (Wildman–Crippen MR) is 100 cm³/mol. The molecule has 26 heavy (non-hydrogen) atoms. The Morgan fingerprint density at radius 2 is 2.00 bits per heavy atom. The van der Waals surface area contributed by atoms with Gasteiger partial charge in [0.2, 0.25) is 0 Å². The highest BCUT2D eigenvalue weighted by Crippen LogP contribution is 2.21. The first-order valence-electron chi connectivity index (χ1n) is 9.09. The Hall–Kier alpha value is -2.83. The molecule has 1 saturated carbocycles. The quantitative estimate of drug-likeness (QED) is 0.709. The molecule has 4 N–H and O–H groups in total. The fraction of sp³-hybridized carbons (Fsp3) is 0.421. The molecule has 1 fully saturated rings. The predicted octanol–water partition coefficient (Wildman–Crippen LogP) is 2.27. The van der Waals surface area contributed by atoms with Crippen molar-refractivity contribution in [3.63, 3.8) is 0 Å². The minimum Gasteiger partial charge on any atom is -0.383 e. The molecule has 3 rings (SSSR count). The lowest BCUT2D eigenvalue weighted by Crippen LogP contribution is -2.34. The van der Waals surface area contributed by atoms with Crippen LogP contribution in [0.5, 0.6) is 0 Å². The fourth-order valence-corrected chi connectivity index (χ4v) is 2.77. The van der Waals surface area contributed by atoms with Crippen molar-refractivity contribution in [2.24, 2.45) is 0 Å². The number of benzene rings is 1. The first-order valence-corrected chi connectivity index (χ1v) is 9.09. The molecule has 1 aromatic heterocycles. The molecule has 1 aromatic carbocycles. The topological polar surface area (TPSA) is 102 Å². The number of amides is 2. The van der Waals surface area contributed by atoms with Gasteiger partial charge in [-0.25, -0.2) is 4.68 Å². The van der Waals surface area contributed by atoms with E-state index in [2.05, 4.69) is 15.7 Å². The molecule has 1 aliphatic rings. The monoisotopic (exact) mass is 355 g/mol. The van der Waals surface area contributed by atoms with Crippen molar-refractivity contribution in [2.45, 2.75) is 51.6 Å². The summed E-state index contributed by atoms with van der Waals surface area (Å²) in [5, 5.41) is 10.2. The van der Waals surface area contributed by atoms with E-state index in [-0.39, 0.29) is 23.7 Å². The Bertz CT molecular complexity index is 806. The molecular formula is C19H25N5O2. The van der Waals surface area contributed by atoms with Gasteiger partial charge in [-0.1, -0.05) is 19.9 Å². The van der Waals surface area contributed by atoms with Crippen LogP contribution in [0.4, 0.5) is 5.82 Å². The normalized spacial score (nSPS) is 13.7. The molecule has 138 valence electrons. The van der Waals surface area contributed by atoms with Gasteiger partial charge < -0.3 is 16.4 Å². The number of nitrogens with zero attached hydrogens (tertiary/aromatic N) is 2. The van der Waals surface area contributed by atoms with Crippen molar-refractivity contribution in [2.75, 3.05) is 5.73 Å². The number of carbonyl (C=O) groups excluding carboxylic acids is 2. The summed E-state index contributed by atoms with van der Waals surface area (Å²) in [6, 6.07) is 7.47. The maximum atomic E-state index is 12.4. The Morgan fingerprint density at radius 1 is 1.27 bits per heavy atom. The summed E-state index contributed by atoms with van der Waals surface area (Å²) in [5.41, 5.74) is 7.68. The average Bonchev–Trinajstić information content (AvgIpc) is 3.38. The third kappa shape index (κ3) is 3.87. The largest absolute Gasteiger partial charge is 0.383 e. The number of anilines is 1. The average molecular weight is 355 g/mol. The number of carbonyl (C=O) groups is 2. The lowest BCUT2D eigenvalue weighted by Gasteiger charge is -2.14. The molecule has 0 unspecified atom stereocenters. The minimum absolute atomic E-state index is 0.105. The Morgan fingerprint density at radius 3 is 2.65 bits per heavy atom. The van der Waals surface area contributed by atoms with Crippen molar-refractivity contribution < 1.29 is 9.59 Å². The zero-order valence-corrected chi connectivity index (χ0v) is 15.2. The van der Waals surface area contributed by atoms with Crippen LogP contribution < -0.4 is 16.4 Å². The first-order chi connectivity index (χ1) is 12.5. The standard InChI is InChI=1S/C19H25N5O2/c1-3-13(4-2)22-19(26)16-11-21-24(17(16)20)15-7-5-6-12(10-15)18(25)23-14-8-9-14/h5-7,10-11,13-14H,3-4,8-9,20H2,1-2H3,(H,22,26)(H,23,25). The molecule has 0 bridgehead atoms. The molecule has 1 aliphatic carbocycles. The van der Waals surface area contributed by atoms with E-state index in [0.717, 1.165) is 25.7 Å². The van der Waals surface area contributed by atoms with Gasteiger partial charge in [-0.2, -0.15) is 5.10 Å². The maximum Gasteiger partial charge on any atom is 0.256 e. The van der Waals surface area contributed by atoms with Crippen LogP contribution in [0.25, 0.3) is 5.69 Å². The first kappa shape index (κ1) is 18.0. The van der Waals surface area contributed by atoms with Crippen molar-refractivity contribution in [3.05, 3.63) is 41.6 Å². The molecule has 7 heteroatoms. The zero-order chi connectivity index (χ0) is 18.7. The molecular weight excluding hydrogens is 330 g/mol. The van der Waals surface area contributed by atoms with E-state index in [1.54, 1.807) is 24.3 Å². The Kier molecular flexibility index (Phi) is 5.25. The van der Waals surface area contributed by atoms with Crippen LogP contribution in [-0.4, -0.2) is 33.7 Å². The number of rotatable bonds is 7. The maximum absolute atomic E-state index is 12.4. The van der Waals surface area contributed by atoms with Crippen LogP contribution in [-0.2, 0) is 0 Å². The molecule has 2 amide bonds. The van der Waals surface area contributed by atoms with Crippen LogP contribution >= 0.6 is 0 Å². The zero-order valence-electron chi connectivity index (χ0n) is 15.2. The lowest BCUT2D eigenvalue weighted by atomic mass is 10.1. The van der Waals surface area contributed by atoms with Crippen LogP contribution in [0.2, 0.25) is 0 Å². The lowest BCUT2D eigenvalue weighted by molar-refractivity contribution is 0.0932. The van der Waals surface area contributed by atoms with E-state index in [0.29, 0.717) is 22.9 Å². The van der Waals surface area contributed by atoms with Crippen molar-refractivity contribution in [3.8, 4) is 5.69 Å². The molecule has 2 aromatic rings. The van der Waals surface area contributed by atoms with E-state index < -0.39 is 0 Å². The second kappa shape index (κ2) is 7.59. The fourth-order valence-electron chi connectivity index (χ4n) is 2.77. The number of nitrogen functional groups attached to an aromatic ring is 1. The number of nitrogens with two attached hydrogens (primary N) is 1.